The maximum Gasteiger partial charge on any atom is 0.0628 e. The highest BCUT2D eigenvalue weighted by Crippen LogP contribution is 2.67. The highest BCUT2D eigenvalue weighted by atomic mass is 16.3. The summed E-state index contributed by atoms with van der Waals surface area (Å²) in [5, 5.41) is 10.7. The summed E-state index contributed by atoms with van der Waals surface area (Å²) in [6.45, 7) is 18.5. The van der Waals surface area contributed by atoms with E-state index in [0.717, 1.165) is 30.6 Å². The maximum atomic E-state index is 10.7. The van der Waals surface area contributed by atoms with Crippen LogP contribution in [-0.2, 0) is 0 Å². The Bertz CT molecular complexity index is 754. The Morgan fingerprint density at radius 1 is 1.07 bits per heavy atom. The lowest BCUT2D eigenvalue weighted by molar-refractivity contribution is -0.0173. The molecule has 0 aromatic heterocycles. The van der Waals surface area contributed by atoms with Gasteiger partial charge >= 0.3 is 0 Å². The number of allylic oxidation sites excluding steroid dienone is 4. The van der Waals surface area contributed by atoms with Gasteiger partial charge in [0.2, 0.25) is 0 Å². The minimum absolute atomic E-state index is 0.0915. The average Bonchev–Trinajstić information content (AvgIpc) is 3.02. The fourth-order valence-electron chi connectivity index (χ4n) is 8.61. The zero-order chi connectivity index (χ0) is 21.9. The molecule has 0 bridgehead atoms. The minimum atomic E-state index is -0.198. The zero-order valence-corrected chi connectivity index (χ0v) is 20.6. The Kier molecular flexibility index (Phi) is 5.70. The van der Waals surface area contributed by atoms with Crippen LogP contribution in [0, 0.1) is 39.9 Å². The molecule has 30 heavy (non-hydrogen) atoms. The molecule has 4 rings (SSSR count). The SMILES string of the molecule is C=C(C)CCC[C@@H](C)[C@H]1CC[C@H]2C3=CC=C4C(C)(C)[C@@H](O)CC[C@]4(C)C3CC[C@]12C. The highest BCUT2D eigenvalue weighted by molar-refractivity contribution is 5.41. The molecule has 4 aliphatic carbocycles. The van der Waals surface area contributed by atoms with Crippen molar-refractivity contribution in [3.8, 4) is 0 Å². The van der Waals surface area contributed by atoms with Crippen molar-refractivity contribution < 1.29 is 5.11 Å². The van der Waals surface area contributed by atoms with Gasteiger partial charge in [-0.2, -0.15) is 0 Å². The monoisotopic (exact) mass is 410 g/mol. The van der Waals surface area contributed by atoms with Crippen LogP contribution >= 0.6 is 0 Å². The van der Waals surface area contributed by atoms with Crippen LogP contribution in [0.15, 0.2) is 35.5 Å². The first-order chi connectivity index (χ1) is 14.0. The van der Waals surface area contributed by atoms with Gasteiger partial charge in [-0.05, 0) is 92.8 Å². The summed E-state index contributed by atoms with van der Waals surface area (Å²) in [6, 6.07) is 0. The Morgan fingerprint density at radius 2 is 1.80 bits per heavy atom. The fraction of sp³-hybridized carbons (Fsp3) is 0.793. The van der Waals surface area contributed by atoms with Gasteiger partial charge in [0.1, 0.15) is 0 Å². The molecular weight excluding hydrogens is 364 g/mol. The van der Waals surface area contributed by atoms with E-state index in [9.17, 15) is 5.11 Å². The molecule has 1 N–H and O–H groups in total. The van der Waals surface area contributed by atoms with Crippen LogP contribution in [0.1, 0.15) is 99.3 Å². The Labute approximate surface area is 186 Å². The number of aliphatic hydroxyl groups excluding tert-OH is 1. The predicted molar refractivity (Wildman–Crippen MR) is 128 cm³/mol. The number of fused-ring (bicyclic) bond motifs is 5. The second-order valence-electron chi connectivity index (χ2n) is 12.6. The second-order valence-corrected chi connectivity index (χ2v) is 12.6. The predicted octanol–water partition coefficient (Wildman–Crippen LogP) is 7.87. The van der Waals surface area contributed by atoms with Gasteiger partial charge in [-0.15, -0.1) is 6.58 Å². The van der Waals surface area contributed by atoms with E-state index in [4.69, 9.17) is 0 Å². The smallest absolute Gasteiger partial charge is 0.0628 e. The minimum Gasteiger partial charge on any atom is -0.392 e. The molecule has 3 fully saturated rings. The first-order valence-electron chi connectivity index (χ1n) is 12.8. The van der Waals surface area contributed by atoms with Crippen molar-refractivity contribution >= 4 is 0 Å². The van der Waals surface area contributed by atoms with Crippen LogP contribution in [0.2, 0.25) is 0 Å². The Morgan fingerprint density at radius 3 is 2.50 bits per heavy atom. The summed E-state index contributed by atoms with van der Waals surface area (Å²) in [5.74, 6) is 3.16. The lowest BCUT2D eigenvalue weighted by Crippen LogP contribution is -2.51. The molecule has 0 amide bonds. The Balaban J connectivity index is 1.59. The van der Waals surface area contributed by atoms with E-state index in [-0.39, 0.29) is 16.9 Å². The van der Waals surface area contributed by atoms with Crippen LogP contribution < -0.4 is 0 Å². The molecule has 0 aromatic carbocycles. The summed E-state index contributed by atoms with van der Waals surface area (Å²) >= 11 is 0. The molecule has 0 saturated heterocycles. The summed E-state index contributed by atoms with van der Waals surface area (Å²) in [7, 11) is 0. The molecule has 0 aliphatic heterocycles. The lowest BCUT2D eigenvalue weighted by Gasteiger charge is -2.58. The van der Waals surface area contributed by atoms with Gasteiger partial charge in [0.25, 0.3) is 0 Å². The van der Waals surface area contributed by atoms with Gasteiger partial charge in [-0.1, -0.05) is 69.9 Å². The van der Waals surface area contributed by atoms with Gasteiger partial charge in [0.15, 0.2) is 0 Å². The molecule has 1 heteroatoms. The lowest BCUT2D eigenvalue weighted by atomic mass is 9.47. The fourth-order valence-corrected chi connectivity index (χ4v) is 8.61. The highest BCUT2D eigenvalue weighted by Gasteiger charge is 2.59. The molecule has 4 aliphatic rings. The molecule has 0 aromatic rings. The topological polar surface area (TPSA) is 20.2 Å². The molecule has 3 saturated carbocycles. The van der Waals surface area contributed by atoms with Crippen molar-refractivity contribution in [1.29, 1.82) is 0 Å². The maximum absolute atomic E-state index is 10.7. The van der Waals surface area contributed by atoms with Gasteiger partial charge in [0, 0.05) is 5.41 Å². The molecule has 0 radical (unpaired) electrons. The van der Waals surface area contributed by atoms with Crippen molar-refractivity contribution in [3.63, 3.8) is 0 Å². The number of rotatable bonds is 5. The molecule has 0 heterocycles. The first-order valence-corrected chi connectivity index (χ1v) is 12.8. The van der Waals surface area contributed by atoms with E-state index in [1.165, 1.54) is 56.1 Å². The van der Waals surface area contributed by atoms with Crippen molar-refractivity contribution in [1.82, 2.24) is 0 Å². The summed E-state index contributed by atoms with van der Waals surface area (Å²) < 4.78 is 0. The third-order valence-corrected chi connectivity index (χ3v) is 10.4. The van der Waals surface area contributed by atoms with E-state index in [1.54, 1.807) is 5.57 Å². The summed E-state index contributed by atoms with van der Waals surface area (Å²) in [6.07, 6.45) is 16.3. The van der Waals surface area contributed by atoms with E-state index >= 15 is 0 Å². The van der Waals surface area contributed by atoms with Crippen LogP contribution in [-0.4, -0.2) is 11.2 Å². The van der Waals surface area contributed by atoms with Gasteiger partial charge in [-0.25, -0.2) is 0 Å². The van der Waals surface area contributed by atoms with Crippen LogP contribution in [0.5, 0.6) is 0 Å². The van der Waals surface area contributed by atoms with Crippen LogP contribution in [0.3, 0.4) is 0 Å². The Hall–Kier alpha value is -0.820. The average molecular weight is 411 g/mol. The van der Waals surface area contributed by atoms with E-state index < -0.39 is 0 Å². The normalized spacial score (nSPS) is 43.0. The molecule has 7 atom stereocenters. The third kappa shape index (κ3) is 3.30. The van der Waals surface area contributed by atoms with Crippen molar-refractivity contribution in [3.05, 3.63) is 35.5 Å². The second kappa shape index (κ2) is 7.65. The number of hydrogen-bond acceptors (Lipinski definition) is 1. The molecule has 1 nitrogen and oxygen atoms in total. The van der Waals surface area contributed by atoms with Crippen molar-refractivity contribution in [2.75, 3.05) is 0 Å². The molecule has 1 unspecified atom stereocenters. The van der Waals surface area contributed by atoms with E-state index in [1.807, 2.05) is 0 Å². The largest absolute Gasteiger partial charge is 0.392 e. The quantitative estimate of drug-likeness (QED) is 0.457. The van der Waals surface area contributed by atoms with E-state index in [2.05, 4.69) is 60.3 Å². The van der Waals surface area contributed by atoms with Crippen molar-refractivity contribution in [2.45, 2.75) is 105 Å². The standard InChI is InChI=1S/C29H46O/c1-19(2)9-8-10-20(3)22-12-13-23-21-11-14-25-27(4,5)26(30)16-18-29(25,7)24(21)15-17-28(22,23)6/h11,14,20,22-24,26,30H,1,8-10,12-13,15-18H2,2-7H3/t20-,22-,23+,24?,26+,28-,29-/m1/s1. The summed E-state index contributed by atoms with van der Waals surface area (Å²) in [5.41, 5.74) is 5.27. The van der Waals surface area contributed by atoms with Gasteiger partial charge in [0.05, 0.1) is 6.10 Å². The van der Waals surface area contributed by atoms with E-state index in [0.29, 0.717) is 11.3 Å². The van der Waals surface area contributed by atoms with Crippen LogP contribution in [0.25, 0.3) is 0 Å². The number of hydrogen-bond donors (Lipinski definition) is 1. The summed E-state index contributed by atoms with van der Waals surface area (Å²) in [4.78, 5) is 0. The third-order valence-electron chi connectivity index (χ3n) is 10.4. The van der Waals surface area contributed by atoms with Gasteiger partial charge in [-0.3, -0.25) is 0 Å². The first kappa shape index (κ1) is 22.4. The van der Waals surface area contributed by atoms with Crippen molar-refractivity contribution in [2.24, 2.45) is 39.9 Å². The molecule has 0 spiro atoms. The molecular formula is C29H46O. The van der Waals surface area contributed by atoms with Gasteiger partial charge < -0.3 is 5.11 Å². The number of aliphatic hydroxyl groups is 1. The molecule has 168 valence electrons. The zero-order valence-electron chi connectivity index (χ0n) is 20.6. The van der Waals surface area contributed by atoms with Crippen LogP contribution in [0.4, 0.5) is 0 Å².